The van der Waals surface area contributed by atoms with E-state index in [-0.39, 0.29) is 0 Å². The highest BCUT2D eigenvalue weighted by molar-refractivity contribution is 5.37. The van der Waals surface area contributed by atoms with Crippen molar-refractivity contribution in [2.45, 2.75) is 6.42 Å². The van der Waals surface area contributed by atoms with Crippen LogP contribution < -0.4 is 4.74 Å². The second-order valence-corrected chi connectivity index (χ2v) is 4.12. The number of hydrogen-bond donors (Lipinski definition) is 0. The number of hydrogen-bond acceptors (Lipinski definition) is 3. The molecule has 0 spiro atoms. The molecule has 3 nitrogen and oxygen atoms in total. The summed E-state index contributed by atoms with van der Waals surface area (Å²) < 4.78 is 10.7. The van der Waals surface area contributed by atoms with Gasteiger partial charge in [0, 0.05) is 7.11 Å². The van der Waals surface area contributed by atoms with E-state index in [0.717, 1.165) is 24.5 Å². The second-order valence-electron chi connectivity index (χ2n) is 4.12. The Morgan fingerprint density at radius 3 is 2.05 bits per heavy atom. The Hall–Kier alpha value is -2.31. The molecule has 0 aliphatic rings. The summed E-state index contributed by atoms with van der Waals surface area (Å²) in [6, 6.07) is 17.1. The average molecular weight is 253 g/mol. The lowest BCUT2D eigenvalue weighted by molar-refractivity contribution is 0.202. The van der Waals surface area contributed by atoms with Gasteiger partial charge in [0.1, 0.15) is 11.5 Å². The van der Waals surface area contributed by atoms with Gasteiger partial charge in [-0.2, -0.15) is 5.26 Å². The zero-order valence-corrected chi connectivity index (χ0v) is 10.8. The van der Waals surface area contributed by atoms with Crippen molar-refractivity contribution in [3.8, 4) is 17.6 Å². The standard InChI is InChI=1S/C16H15NO2/c1-18-11-10-13-2-6-15(7-3-13)19-16-8-4-14(12-17)5-9-16/h2-9H,10-11H2,1H3. The first-order valence-corrected chi connectivity index (χ1v) is 6.08. The minimum absolute atomic E-state index is 0.627. The van der Waals surface area contributed by atoms with Gasteiger partial charge in [-0.1, -0.05) is 12.1 Å². The summed E-state index contributed by atoms with van der Waals surface area (Å²) in [5.74, 6) is 1.51. The summed E-state index contributed by atoms with van der Waals surface area (Å²) in [7, 11) is 1.70. The summed E-state index contributed by atoms with van der Waals surface area (Å²) in [6.45, 7) is 0.718. The Morgan fingerprint density at radius 2 is 1.53 bits per heavy atom. The number of rotatable bonds is 5. The van der Waals surface area contributed by atoms with Crippen molar-refractivity contribution in [3.05, 3.63) is 59.7 Å². The van der Waals surface area contributed by atoms with Crippen LogP contribution in [0.25, 0.3) is 0 Å². The lowest BCUT2D eigenvalue weighted by Gasteiger charge is -2.06. The fourth-order valence-electron chi connectivity index (χ4n) is 1.68. The molecule has 0 saturated heterocycles. The maximum atomic E-state index is 8.72. The molecule has 0 N–H and O–H groups in total. The monoisotopic (exact) mass is 253 g/mol. The smallest absolute Gasteiger partial charge is 0.127 e. The molecule has 0 aromatic heterocycles. The minimum Gasteiger partial charge on any atom is -0.457 e. The molecule has 0 bridgehead atoms. The van der Waals surface area contributed by atoms with Gasteiger partial charge in [-0.3, -0.25) is 0 Å². The Balaban J connectivity index is 2.00. The highest BCUT2D eigenvalue weighted by Gasteiger charge is 1.99. The third kappa shape index (κ3) is 3.84. The summed E-state index contributed by atoms with van der Waals surface area (Å²) in [6.07, 6.45) is 0.896. The van der Waals surface area contributed by atoms with Crippen LogP contribution in [0.15, 0.2) is 48.5 Å². The number of nitrogens with zero attached hydrogens (tertiary/aromatic N) is 1. The number of benzene rings is 2. The van der Waals surface area contributed by atoms with Crippen molar-refractivity contribution in [2.24, 2.45) is 0 Å². The maximum Gasteiger partial charge on any atom is 0.127 e. The van der Waals surface area contributed by atoms with Gasteiger partial charge in [0.2, 0.25) is 0 Å². The van der Waals surface area contributed by atoms with Crippen LogP contribution in [0, 0.1) is 11.3 Å². The highest BCUT2D eigenvalue weighted by atomic mass is 16.5. The van der Waals surface area contributed by atoms with E-state index in [1.807, 2.05) is 24.3 Å². The fraction of sp³-hybridized carbons (Fsp3) is 0.188. The van der Waals surface area contributed by atoms with Crippen molar-refractivity contribution in [1.82, 2.24) is 0 Å². The average Bonchev–Trinajstić information content (AvgIpc) is 2.47. The van der Waals surface area contributed by atoms with Crippen molar-refractivity contribution in [1.29, 1.82) is 5.26 Å². The van der Waals surface area contributed by atoms with Gasteiger partial charge in [-0.15, -0.1) is 0 Å². The van der Waals surface area contributed by atoms with E-state index in [2.05, 4.69) is 6.07 Å². The molecule has 0 fully saturated rings. The van der Waals surface area contributed by atoms with Crippen LogP contribution in [-0.2, 0) is 11.2 Å². The third-order valence-electron chi connectivity index (χ3n) is 2.74. The van der Waals surface area contributed by atoms with Crippen molar-refractivity contribution in [2.75, 3.05) is 13.7 Å². The summed E-state index contributed by atoms with van der Waals surface area (Å²) in [4.78, 5) is 0. The molecule has 19 heavy (non-hydrogen) atoms. The molecule has 0 atom stereocenters. The van der Waals surface area contributed by atoms with Gasteiger partial charge in [0.25, 0.3) is 0 Å². The Morgan fingerprint density at radius 1 is 0.947 bits per heavy atom. The van der Waals surface area contributed by atoms with Crippen LogP contribution in [-0.4, -0.2) is 13.7 Å². The molecule has 2 aromatic carbocycles. The summed E-state index contributed by atoms with van der Waals surface area (Å²) >= 11 is 0. The van der Waals surface area contributed by atoms with Gasteiger partial charge in [-0.05, 0) is 48.4 Å². The van der Waals surface area contributed by atoms with Gasteiger partial charge in [0.15, 0.2) is 0 Å². The first-order chi connectivity index (χ1) is 9.31. The Bertz CT molecular complexity index is 553. The van der Waals surface area contributed by atoms with E-state index in [4.69, 9.17) is 14.7 Å². The number of methoxy groups -OCH3 is 1. The third-order valence-corrected chi connectivity index (χ3v) is 2.74. The summed E-state index contributed by atoms with van der Waals surface area (Å²) in [5.41, 5.74) is 1.84. The van der Waals surface area contributed by atoms with Crippen molar-refractivity contribution in [3.63, 3.8) is 0 Å². The molecular formula is C16H15NO2. The molecule has 3 heteroatoms. The van der Waals surface area contributed by atoms with Gasteiger partial charge >= 0.3 is 0 Å². The van der Waals surface area contributed by atoms with Crippen LogP contribution in [0.4, 0.5) is 0 Å². The minimum atomic E-state index is 0.627. The van der Waals surface area contributed by atoms with Crippen molar-refractivity contribution < 1.29 is 9.47 Å². The van der Waals surface area contributed by atoms with Crippen LogP contribution in [0.2, 0.25) is 0 Å². The van der Waals surface area contributed by atoms with Crippen LogP contribution in [0.1, 0.15) is 11.1 Å². The zero-order valence-electron chi connectivity index (χ0n) is 10.8. The lowest BCUT2D eigenvalue weighted by Crippen LogP contribution is -1.94. The lowest BCUT2D eigenvalue weighted by atomic mass is 10.1. The Kier molecular flexibility index (Phi) is 4.54. The predicted molar refractivity (Wildman–Crippen MR) is 73.3 cm³/mol. The molecule has 0 unspecified atom stereocenters. The molecule has 96 valence electrons. The second kappa shape index (κ2) is 6.58. The molecular weight excluding hydrogens is 238 g/mol. The van der Waals surface area contributed by atoms with E-state index in [9.17, 15) is 0 Å². The molecule has 2 aromatic rings. The van der Waals surface area contributed by atoms with E-state index >= 15 is 0 Å². The van der Waals surface area contributed by atoms with Gasteiger partial charge in [0.05, 0.1) is 18.2 Å². The highest BCUT2D eigenvalue weighted by Crippen LogP contribution is 2.22. The molecule has 0 radical (unpaired) electrons. The van der Waals surface area contributed by atoms with E-state index in [1.165, 1.54) is 5.56 Å². The molecule has 2 rings (SSSR count). The largest absolute Gasteiger partial charge is 0.457 e. The topological polar surface area (TPSA) is 42.2 Å². The fourth-order valence-corrected chi connectivity index (χ4v) is 1.68. The molecule has 0 aliphatic heterocycles. The van der Waals surface area contributed by atoms with Gasteiger partial charge < -0.3 is 9.47 Å². The molecule has 0 saturated carbocycles. The normalized spacial score (nSPS) is 9.89. The SMILES string of the molecule is COCCc1ccc(Oc2ccc(C#N)cc2)cc1. The van der Waals surface area contributed by atoms with Crippen LogP contribution in [0.3, 0.4) is 0 Å². The molecule has 0 heterocycles. The predicted octanol–water partition coefficient (Wildman–Crippen LogP) is 3.54. The van der Waals surface area contributed by atoms with E-state index in [0.29, 0.717) is 5.56 Å². The number of ether oxygens (including phenoxy) is 2. The molecule has 0 aliphatic carbocycles. The van der Waals surface area contributed by atoms with E-state index < -0.39 is 0 Å². The zero-order chi connectivity index (χ0) is 13.5. The molecule has 0 amide bonds. The maximum absolute atomic E-state index is 8.72. The quantitative estimate of drug-likeness (QED) is 0.818. The van der Waals surface area contributed by atoms with E-state index in [1.54, 1.807) is 31.4 Å². The summed E-state index contributed by atoms with van der Waals surface area (Å²) in [5, 5.41) is 8.72. The first kappa shape index (κ1) is 13.1. The number of nitriles is 1. The van der Waals surface area contributed by atoms with Crippen LogP contribution in [0.5, 0.6) is 11.5 Å². The van der Waals surface area contributed by atoms with Gasteiger partial charge in [-0.25, -0.2) is 0 Å². The van der Waals surface area contributed by atoms with Crippen LogP contribution >= 0.6 is 0 Å². The van der Waals surface area contributed by atoms with Crippen molar-refractivity contribution >= 4 is 0 Å². The first-order valence-electron chi connectivity index (χ1n) is 6.08. The Labute approximate surface area is 113 Å².